The van der Waals surface area contributed by atoms with Crippen LogP contribution in [0.15, 0.2) is 53.2 Å². The Morgan fingerprint density at radius 2 is 2.00 bits per heavy atom. The highest BCUT2D eigenvalue weighted by atomic mass is 35.5. The van der Waals surface area contributed by atoms with Gasteiger partial charge in [0.1, 0.15) is 5.82 Å². The van der Waals surface area contributed by atoms with Crippen LogP contribution in [0.25, 0.3) is 6.08 Å². The normalized spacial score (nSPS) is 15.9. The Hall–Kier alpha value is -2.46. The highest BCUT2D eigenvalue weighted by molar-refractivity contribution is 6.31. The van der Waals surface area contributed by atoms with Gasteiger partial charge in [-0.2, -0.15) is 0 Å². The van der Waals surface area contributed by atoms with Crippen LogP contribution in [0.1, 0.15) is 16.7 Å². The lowest BCUT2D eigenvalue weighted by Crippen LogP contribution is -2.05. The van der Waals surface area contributed by atoms with Crippen molar-refractivity contribution in [3.63, 3.8) is 0 Å². The SMILES string of the molecule is Cc1ccc(C2=N/C(=C\c3ccccc3F)C(=O)O2)cc1Cl. The van der Waals surface area contributed by atoms with Gasteiger partial charge in [0.2, 0.25) is 5.90 Å². The molecule has 22 heavy (non-hydrogen) atoms. The van der Waals surface area contributed by atoms with Gasteiger partial charge in [0.05, 0.1) is 0 Å². The van der Waals surface area contributed by atoms with Crippen molar-refractivity contribution in [2.45, 2.75) is 6.92 Å². The molecule has 0 spiro atoms. The lowest BCUT2D eigenvalue weighted by atomic mass is 10.1. The number of carbonyl (C=O) groups is 1. The molecule has 0 N–H and O–H groups in total. The quantitative estimate of drug-likeness (QED) is 0.617. The highest BCUT2D eigenvalue weighted by Crippen LogP contribution is 2.23. The summed E-state index contributed by atoms with van der Waals surface area (Å²) in [5.74, 6) is -0.880. The molecule has 0 saturated heterocycles. The summed E-state index contributed by atoms with van der Waals surface area (Å²) >= 11 is 6.06. The van der Waals surface area contributed by atoms with Crippen molar-refractivity contribution in [2.24, 2.45) is 4.99 Å². The average Bonchev–Trinajstić information content (AvgIpc) is 2.85. The number of aliphatic imine (C=N–C) groups is 1. The van der Waals surface area contributed by atoms with Gasteiger partial charge in [0.15, 0.2) is 5.70 Å². The van der Waals surface area contributed by atoms with Crippen LogP contribution < -0.4 is 0 Å². The van der Waals surface area contributed by atoms with Crippen LogP contribution in [0.3, 0.4) is 0 Å². The van der Waals surface area contributed by atoms with Crippen LogP contribution in [-0.2, 0) is 9.53 Å². The second-order valence-corrected chi connectivity index (χ2v) is 5.23. The van der Waals surface area contributed by atoms with Crippen molar-refractivity contribution in [2.75, 3.05) is 0 Å². The van der Waals surface area contributed by atoms with E-state index in [1.165, 1.54) is 12.1 Å². The Balaban J connectivity index is 1.98. The Kier molecular flexibility index (Phi) is 3.77. The lowest BCUT2D eigenvalue weighted by molar-refractivity contribution is -0.129. The smallest absolute Gasteiger partial charge is 0.363 e. The van der Waals surface area contributed by atoms with Crippen LogP contribution in [0.4, 0.5) is 4.39 Å². The molecule has 0 fully saturated rings. The molecule has 0 saturated carbocycles. The third-order valence-electron chi connectivity index (χ3n) is 3.24. The summed E-state index contributed by atoms with van der Waals surface area (Å²) in [5, 5.41) is 0.558. The largest absolute Gasteiger partial charge is 0.402 e. The molecular weight excluding hydrogens is 305 g/mol. The van der Waals surface area contributed by atoms with E-state index in [2.05, 4.69) is 4.99 Å². The molecule has 3 nitrogen and oxygen atoms in total. The molecule has 3 rings (SSSR count). The first-order chi connectivity index (χ1) is 10.5. The Morgan fingerprint density at radius 3 is 2.73 bits per heavy atom. The topological polar surface area (TPSA) is 38.7 Å². The summed E-state index contributed by atoms with van der Waals surface area (Å²) in [4.78, 5) is 16.0. The molecule has 5 heteroatoms. The van der Waals surface area contributed by atoms with Crippen LogP contribution in [0.5, 0.6) is 0 Å². The van der Waals surface area contributed by atoms with E-state index in [-0.39, 0.29) is 17.2 Å². The molecule has 0 aliphatic carbocycles. The second-order valence-electron chi connectivity index (χ2n) is 4.82. The first kappa shape index (κ1) is 14.5. The number of rotatable bonds is 2. The molecule has 0 bridgehead atoms. The second kappa shape index (κ2) is 5.73. The molecule has 0 radical (unpaired) electrons. The molecule has 1 aliphatic rings. The van der Waals surface area contributed by atoms with E-state index >= 15 is 0 Å². The summed E-state index contributed by atoms with van der Waals surface area (Å²) in [6, 6.07) is 11.4. The number of ether oxygens (including phenoxy) is 1. The first-order valence-corrected chi connectivity index (χ1v) is 6.96. The fourth-order valence-electron chi connectivity index (χ4n) is 2.00. The molecule has 0 aromatic heterocycles. The predicted octanol–water partition coefficient (Wildman–Crippen LogP) is 4.13. The number of benzene rings is 2. The molecule has 2 aromatic carbocycles. The fourth-order valence-corrected chi connectivity index (χ4v) is 2.18. The van der Waals surface area contributed by atoms with Crippen LogP contribution >= 0.6 is 11.6 Å². The number of hydrogen-bond donors (Lipinski definition) is 0. The number of halogens is 2. The summed E-state index contributed by atoms with van der Waals surface area (Å²) in [5.41, 5.74) is 1.84. The monoisotopic (exact) mass is 315 g/mol. The molecule has 0 unspecified atom stereocenters. The zero-order valence-corrected chi connectivity index (χ0v) is 12.4. The Bertz CT molecular complexity index is 827. The van der Waals surface area contributed by atoms with Gasteiger partial charge < -0.3 is 4.74 Å². The van der Waals surface area contributed by atoms with Gasteiger partial charge in [0.25, 0.3) is 0 Å². The molecule has 1 aliphatic heterocycles. The minimum absolute atomic E-state index is 0.0526. The fraction of sp³-hybridized carbons (Fsp3) is 0.0588. The number of nitrogens with zero attached hydrogens (tertiary/aromatic N) is 1. The van der Waals surface area contributed by atoms with Gasteiger partial charge in [-0.3, -0.25) is 0 Å². The van der Waals surface area contributed by atoms with Gasteiger partial charge in [-0.05, 0) is 36.8 Å². The zero-order chi connectivity index (χ0) is 15.7. The molecule has 0 atom stereocenters. The standard InChI is InChI=1S/C17H11ClFNO2/c1-10-6-7-12(8-13(10)18)16-20-15(17(21)22-16)9-11-4-2-3-5-14(11)19/h2-9H,1H3/b15-9-. The molecule has 0 amide bonds. The molecule has 2 aromatic rings. The number of aryl methyl sites for hydroxylation is 1. The maximum Gasteiger partial charge on any atom is 0.363 e. The van der Waals surface area contributed by atoms with Crippen molar-refractivity contribution < 1.29 is 13.9 Å². The van der Waals surface area contributed by atoms with E-state index in [1.54, 1.807) is 30.3 Å². The van der Waals surface area contributed by atoms with Gasteiger partial charge in [0, 0.05) is 16.1 Å². The van der Waals surface area contributed by atoms with Crippen LogP contribution in [0.2, 0.25) is 5.02 Å². The van der Waals surface area contributed by atoms with Gasteiger partial charge in [-0.15, -0.1) is 0 Å². The van der Waals surface area contributed by atoms with Gasteiger partial charge in [-0.25, -0.2) is 14.2 Å². The van der Waals surface area contributed by atoms with E-state index < -0.39 is 11.8 Å². The van der Waals surface area contributed by atoms with Crippen LogP contribution in [0, 0.1) is 12.7 Å². The molecule has 110 valence electrons. The molecular formula is C17H11ClFNO2. The van der Waals surface area contributed by atoms with Crippen LogP contribution in [-0.4, -0.2) is 11.9 Å². The summed E-state index contributed by atoms with van der Waals surface area (Å²) in [6.07, 6.45) is 1.36. The number of carbonyl (C=O) groups excluding carboxylic acids is 1. The highest BCUT2D eigenvalue weighted by Gasteiger charge is 2.24. The van der Waals surface area contributed by atoms with Crippen molar-refractivity contribution >= 4 is 29.5 Å². The van der Waals surface area contributed by atoms with Crippen molar-refractivity contribution in [1.29, 1.82) is 0 Å². The Labute approximate surface area is 131 Å². The third-order valence-corrected chi connectivity index (χ3v) is 3.64. The third kappa shape index (κ3) is 2.78. The minimum Gasteiger partial charge on any atom is -0.402 e. The number of hydrogen-bond acceptors (Lipinski definition) is 3. The van der Waals surface area contributed by atoms with Crippen molar-refractivity contribution in [1.82, 2.24) is 0 Å². The average molecular weight is 316 g/mol. The van der Waals surface area contributed by atoms with E-state index in [0.29, 0.717) is 10.6 Å². The summed E-state index contributed by atoms with van der Waals surface area (Å²) < 4.78 is 18.8. The summed E-state index contributed by atoms with van der Waals surface area (Å²) in [7, 11) is 0. The van der Waals surface area contributed by atoms with E-state index in [9.17, 15) is 9.18 Å². The maximum absolute atomic E-state index is 13.6. The predicted molar refractivity (Wildman–Crippen MR) is 83.2 cm³/mol. The molecule has 1 heterocycles. The maximum atomic E-state index is 13.6. The lowest BCUT2D eigenvalue weighted by Gasteiger charge is -2.02. The van der Waals surface area contributed by atoms with E-state index in [0.717, 1.165) is 5.56 Å². The zero-order valence-electron chi connectivity index (χ0n) is 11.6. The van der Waals surface area contributed by atoms with Gasteiger partial charge in [-0.1, -0.05) is 35.9 Å². The van der Waals surface area contributed by atoms with Crippen molar-refractivity contribution in [3.8, 4) is 0 Å². The van der Waals surface area contributed by atoms with Crippen molar-refractivity contribution in [3.05, 3.63) is 75.7 Å². The number of esters is 1. The first-order valence-electron chi connectivity index (χ1n) is 6.58. The minimum atomic E-state index is -0.616. The van der Waals surface area contributed by atoms with Gasteiger partial charge >= 0.3 is 5.97 Å². The van der Waals surface area contributed by atoms with E-state index in [4.69, 9.17) is 16.3 Å². The summed E-state index contributed by atoms with van der Waals surface area (Å²) in [6.45, 7) is 1.87. The van der Waals surface area contributed by atoms with E-state index in [1.807, 2.05) is 13.0 Å². The number of cyclic esters (lactones) is 1. The Morgan fingerprint density at radius 1 is 1.23 bits per heavy atom.